The molecule has 0 atom stereocenters. The van der Waals surface area contributed by atoms with Gasteiger partial charge in [0.05, 0.1) is 24.1 Å². The van der Waals surface area contributed by atoms with Crippen molar-refractivity contribution in [1.29, 1.82) is 0 Å². The molecule has 1 aromatic heterocycles. The van der Waals surface area contributed by atoms with Crippen LogP contribution in [0.5, 0.6) is 5.75 Å². The zero-order valence-electron chi connectivity index (χ0n) is 18.4. The molecule has 4 rings (SSSR count). The van der Waals surface area contributed by atoms with Crippen LogP contribution in [0.3, 0.4) is 0 Å². The zero-order valence-corrected chi connectivity index (χ0v) is 20.0. The minimum Gasteiger partial charge on any atom is -0.497 e. The number of nitrogens with zero attached hydrogens (tertiary/aromatic N) is 2. The third kappa shape index (κ3) is 5.41. The van der Waals surface area contributed by atoms with Crippen molar-refractivity contribution in [2.24, 2.45) is 4.99 Å². The molecule has 1 heterocycles. The van der Waals surface area contributed by atoms with Crippen LogP contribution in [0.4, 0.5) is 0 Å². The molecule has 5 nitrogen and oxygen atoms in total. The highest BCUT2D eigenvalue weighted by Crippen LogP contribution is 2.23. The smallest absolute Gasteiger partial charge is 0.280 e. The van der Waals surface area contributed by atoms with Crippen LogP contribution in [0.25, 0.3) is 16.9 Å². The molecule has 7 heteroatoms. The van der Waals surface area contributed by atoms with Crippen molar-refractivity contribution in [1.82, 2.24) is 9.78 Å². The number of hydrogen-bond donors (Lipinski definition) is 1. The number of rotatable bonds is 8. The molecule has 0 aliphatic heterocycles. The maximum absolute atomic E-state index is 13.4. The molecule has 0 aliphatic rings. The van der Waals surface area contributed by atoms with Crippen LogP contribution in [0, 0.1) is 0 Å². The summed E-state index contributed by atoms with van der Waals surface area (Å²) in [7, 11) is 1.62. The Morgan fingerprint density at radius 2 is 1.73 bits per heavy atom. The van der Waals surface area contributed by atoms with E-state index in [2.05, 4.69) is 5.10 Å². The van der Waals surface area contributed by atoms with Crippen LogP contribution in [0.1, 0.15) is 12.5 Å². The Balaban J connectivity index is 1.63. The number of aliphatic imine (C=N–C) groups is 1. The largest absolute Gasteiger partial charge is 0.497 e. The van der Waals surface area contributed by atoms with Gasteiger partial charge < -0.3 is 4.74 Å². The van der Waals surface area contributed by atoms with Gasteiger partial charge in [-0.3, -0.25) is 14.9 Å². The van der Waals surface area contributed by atoms with Crippen molar-refractivity contribution in [2.75, 3.05) is 19.4 Å². The third-order valence-electron chi connectivity index (χ3n) is 5.17. The number of hydrogen-bond acceptors (Lipinski definition) is 4. The maximum atomic E-state index is 13.4. The topological polar surface area (TPSA) is 59.4 Å². The van der Waals surface area contributed by atoms with Crippen molar-refractivity contribution in [3.05, 3.63) is 99.8 Å². The van der Waals surface area contributed by atoms with Crippen LogP contribution in [-0.2, 0) is 0 Å². The number of nitrogens with one attached hydrogen (secondary N) is 1. The molecule has 0 fully saturated rings. The third-order valence-corrected chi connectivity index (χ3v) is 6.41. The van der Waals surface area contributed by atoms with Gasteiger partial charge in [0, 0.05) is 33.5 Å². The van der Waals surface area contributed by atoms with Gasteiger partial charge in [0.1, 0.15) is 5.75 Å². The Bertz CT molecular complexity index is 1290. The molecule has 168 valence electrons. The van der Waals surface area contributed by atoms with Gasteiger partial charge in [-0.05, 0) is 55.5 Å². The van der Waals surface area contributed by atoms with E-state index in [0.29, 0.717) is 17.8 Å². The van der Waals surface area contributed by atoms with Crippen molar-refractivity contribution < 1.29 is 4.74 Å². The van der Waals surface area contributed by atoms with Gasteiger partial charge in [0.15, 0.2) is 0 Å². The van der Waals surface area contributed by atoms with E-state index < -0.39 is 0 Å². The second kappa shape index (κ2) is 10.6. The van der Waals surface area contributed by atoms with Gasteiger partial charge in [-0.1, -0.05) is 41.9 Å². The van der Waals surface area contributed by atoms with Gasteiger partial charge >= 0.3 is 0 Å². The van der Waals surface area contributed by atoms with Gasteiger partial charge in [0.25, 0.3) is 5.56 Å². The predicted molar refractivity (Wildman–Crippen MR) is 138 cm³/mol. The van der Waals surface area contributed by atoms with E-state index in [9.17, 15) is 4.79 Å². The molecule has 0 bridgehead atoms. The second-order valence-corrected chi connectivity index (χ2v) is 8.94. The SMILES string of the molecule is COc1ccc(-n2[nH]c(-c3ccccc3)c(C(C)=NCCSc3ccc(Cl)cc3)c2=O)cc1. The van der Waals surface area contributed by atoms with Gasteiger partial charge in [-0.25, -0.2) is 4.68 Å². The summed E-state index contributed by atoms with van der Waals surface area (Å²) < 4.78 is 6.79. The fourth-order valence-electron chi connectivity index (χ4n) is 3.49. The average Bonchev–Trinajstić information content (AvgIpc) is 3.20. The monoisotopic (exact) mass is 477 g/mol. The first-order valence-electron chi connectivity index (χ1n) is 10.5. The molecule has 0 amide bonds. The van der Waals surface area contributed by atoms with Crippen molar-refractivity contribution in [3.8, 4) is 22.7 Å². The lowest BCUT2D eigenvalue weighted by Crippen LogP contribution is -2.19. The molecule has 4 aromatic rings. The van der Waals surface area contributed by atoms with E-state index in [1.807, 2.05) is 85.8 Å². The number of aromatic nitrogens is 2. The number of thioether (sulfide) groups is 1. The lowest BCUT2D eigenvalue weighted by Gasteiger charge is -2.04. The van der Waals surface area contributed by atoms with E-state index in [1.165, 1.54) is 0 Å². The molecule has 0 spiro atoms. The molecule has 0 saturated heterocycles. The summed E-state index contributed by atoms with van der Waals surface area (Å²) >= 11 is 7.66. The molecular weight excluding hydrogens is 454 g/mol. The van der Waals surface area contributed by atoms with E-state index in [-0.39, 0.29) is 5.56 Å². The number of aromatic amines is 1. The molecule has 0 radical (unpaired) electrons. The Kier molecular flexibility index (Phi) is 7.37. The zero-order chi connectivity index (χ0) is 23.2. The Morgan fingerprint density at radius 3 is 2.39 bits per heavy atom. The van der Waals surface area contributed by atoms with E-state index in [1.54, 1.807) is 23.6 Å². The molecule has 33 heavy (non-hydrogen) atoms. The van der Waals surface area contributed by atoms with Crippen LogP contribution in [-0.4, -0.2) is 34.9 Å². The van der Waals surface area contributed by atoms with Gasteiger partial charge in [0.2, 0.25) is 0 Å². The predicted octanol–water partition coefficient (Wildman–Crippen LogP) is 6.10. The lowest BCUT2D eigenvalue weighted by molar-refractivity contribution is 0.414. The Hall–Kier alpha value is -3.22. The van der Waals surface area contributed by atoms with Crippen LogP contribution < -0.4 is 10.3 Å². The van der Waals surface area contributed by atoms with E-state index in [4.69, 9.17) is 21.3 Å². The summed E-state index contributed by atoms with van der Waals surface area (Å²) in [4.78, 5) is 19.3. The molecule has 0 aliphatic carbocycles. The van der Waals surface area contributed by atoms with Crippen molar-refractivity contribution in [3.63, 3.8) is 0 Å². The molecule has 1 N–H and O–H groups in total. The summed E-state index contributed by atoms with van der Waals surface area (Å²) in [5.41, 5.74) is 3.57. The lowest BCUT2D eigenvalue weighted by atomic mass is 10.1. The van der Waals surface area contributed by atoms with Crippen LogP contribution in [0.15, 0.2) is 93.5 Å². The van der Waals surface area contributed by atoms with Gasteiger partial charge in [-0.2, -0.15) is 0 Å². The fraction of sp³-hybridized carbons (Fsp3) is 0.154. The summed E-state index contributed by atoms with van der Waals surface area (Å²) in [5, 5.41) is 4.01. The number of methoxy groups -OCH3 is 1. The fourth-order valence-corrected chi connectivity index (χ4v) is 4.36. The van der Waals surface area contributed by atoms with Crippen molar-refractivity contribution >= 4 is 29.1 Å². The molecular formula is C26H24ClN3O2S. The average molecular weight is 478 g/mol. The minimum absolute atomic E-state index is 0.134. The number of H-pyrrole nitrogens is 1. The molecule has 0 saturated carbocycles. The summed E-state index contributed by atoms with van der Waals surface area (Å²) in [6.45, 7) is 2.49. The standard InChI is InChI=1S/C26H24ClN3O2S/c1-18(28-16-17-33-23-14-8-20(27)9-15-23)24-25(19-6-4-3-5-7-19)29-30(26(24)31)21-10-12-22(32-2)13-11-21/h3-15,29H,16-17H2,1-2H3. The van der Waals surface area contributed by atoms with E-state index >= 15 is 0 Å². The Morgan fingerprint density at radius 1 is 1.03 bits per heavy atom. The molecule has 3 aromatic carbocycles. The first-order valence-corrected chi connectivity index (χ1v) is 11.9. The number of halogens is 1. The quantitative estimate of drug-likeness (QED) is 0.189. The Labute approximate surface area is 202 Å². The van der Waals surface area contributed by atoms with Gasteiger partial charge in [-0.15, -0.1) is 11.8 Å². The highest BCUT2D eigenvalue weighted by molar-refractivity contribution is 7.99. The van der Waals surface area contributed by atoms with Crippen LogP contribution >= 0.6 is 23.4 Å². The maximum Gasteiger partial charge on any atom is 0.280 e. The minimum atomic E-state index is -0.134. The van der Waals surface area contributed by atoms with Crippen molar-refractivity contribution in [2.45, 2.75) is 11.8 Å². The molecule has 0 unspecified atom stereocenters. The first kappa shape index (κ1) is 23.0. The summed E-state index contributed by atoms with van der Waals surface area (Å²) in [6.07, 6.45) is 0. The summed E-state index contributed by atoms with van der Waals surface area (Å²) in [5.74, 6) is 1.54. The second-order valence-electron chi connectivity index (χ2n) is 7.34. The number of ether oxygens (including phenoxy) is 1. The summed E-state index contributed by atoms with van der Waals surface area (Å²) in [6, 6.07) is 25.0. The van der Waals surface area contributed by atoms with E-state index in [0.717, 1.165) is 38.4 Å². The first-order chi connectivity index (χ1) is 16.1. The number of benzene rings is 3. The van der Waals surface area contributed by atoms with Crippen LogP contribution in [0.2, 0.25) is 5.02 Å². The highest BCUT2D eigenvalue weighted by atomic mass is 35.5. The normalized spacial score (nSPS) is 11.5. The highest BCUT2D eigenvalue weighted by Gasteiger charge is 2.19.